The predicted molar refractivity (Wildman–Crippen MR) is 125 cm³/mol. The van der Waals surface area contributed by atoms with Crippen LogP contribution >= 0.6 is 0 Å². The lowest BCUT2D eigenvalue weighted by Gasteiger charge is -2.27. The van der Waals surface area contributed by atoms with Crippen LogP contribution in [0.1, 0.15) is 18.4 Å². The Morgan fingerprint density at radius 2 is 1.93 bits per heavy atom. The fraction of sp³-hybridized carbons (Fsp3) is 0.375. The van der Waals surface area contributed by atoms with Crippen molar-refractivity contribution in [1.29, 1.82) is 0 Å². The molecule has 0 radical (unpaired) electrons. The fourth-order valence-corrected chi connectivity index (χ4v) is 4.21. The topological polar surface area (TPSA) is 64.8 Å². The molecule has 3 N–H and O–H groups in total. The molecule has 0 spiro atoms. The molecule has 158 valence electrons. The second kappa shape index (κ2) is 8.79. The second-order valence-corrected chi connectivity index (χ2v) is 8.38. The zero-order chi connectivity index (χ0) is 21.1. The number of amides is 2. The number of anilines is 3. The molecule has 4 rings (SSSR count). The van der Waals surface area contributed by atoms with Gasteiger partial charge in [-0.15, -0.1) is 0 Å². The minimum Gasteiger partial charge on any atom is -0.399 e. The van der Waals surface area contributed by atoms with E-state index in [-0.39, 0.29) is 6.03 Å². The Kier molecular flexibility index (Phi) is 5.95. The number of rotatable bonds is 4. The lowest BCUT2D eigenvalue weighted by atomic mass is 9.99. The Hall–Kier alpha value is -2.99. The average Bonchev–Trinajstić information content (AvgIpc) is 3.25. The van der Waals surface area contributed by atoms with Crippen LogP contribution in [-0.2, 0) is 0 Å². The van der Waals surface area contributed by atoms with Crippen molar-refractivity contribution in [1.82, 2.24) is 9.80 Å². The van der Waals surface area contributed by atoms with Crippen molar-refractivity contribution in [2.45, 2.75) is 18.9 Å². The van der Waals surface area contributed by atoms with Crippen LogP contribution in [0.15, 0.2) is 54.6 Å². The molecule has 2 amide bonds. The molecule has 1 unspecified atom stereocenters. The van der Waals surface area contributed by atoms with E-state index in [2.05, 4.69) is 53.5 Å². The monoisotopic (exact) mass is 405 g/mol. The van der Waals surface area contributed by atoms with Crippen LogP contribution in [0, 0.1) is 0 Å². The van der Waals surface area contributed by atoms with Crippen LogP contribution < -0.4 is 16.0 Å². The zero-order valence-electron chi connectivity index (χ0n) is 17.8. The maximum atomic E-state index is 12.7. The third-order valence-electron chi connectivity index (χ3n) is 6.13. The maximum absolute atomic E-state index is 12.7. The molecule has 30 heavy (non-hydrogen) atoms. The van der Waals surface area contributed by atoms with Crippen LogP contribution in [0.25, 0.3) is 5.57 Å². The number of carbonyl (C=O) groups is 1. The number of nitrogens with zero attached hydrogens (tertiary/aromatic N) is 3. The van der Waals surface area contributed by atoms with Crippen LogP contribution in [0.3, 0.4) is 0 Å². The third kappa shape index (κ3) is 4.60. The Morgan fingerprint density at radius 3 is 2.57 bits per heavy atom. The van der Waals surface area contributed by atoms with Gasteiger partial charge < -0.3 is 25.8 Å². The van der Waals surface area contributed by atoms with Crippen molar-refractivity contribution in [2.24, 2.45) is 0 Å². The van der Waals surface area contributed by atoms with Crippen molar-refractivity contribution in [3.8, 4) is 0 Å². The molecule has 1 fully saturated rings. The van der Waals surface area contributed by atoms with E-state index >= 15 is 0 Å². The minimum absolute atomic E-state index is 0.0560. The van der Waals surface area contributed by atoms with Gasteiger partial charge >= 0.3 is 6.03 Å². The van der Waals surface area contributed by atoms with Crippen molar-refractivity contribution < 1.29 is 4.79 Å². The number of hydrogen-bond acceptors (Lipinski definition) is 4. The molecule has 0 bridgehead atoms. The molecule has 0 saturated carbocycles. The van der Waals surface area contributed by atoms with Crippen molar-refractivity contribution in [3.05, 3.63) is 60.2 Å². The number of nitrogens with two attached hydrogens (primary N) is 1. The predicted octanol–water partition coefficient (Wildman–Crippen LogP) is 3.73. The molecule has 1 saturated heterocycles. The second-order valence-electron chi connectivity index (χ2n) is 8.38. The number of carbonyl (C=O) groups excluding carboxylic acids is 1. The molecule has 2 aliphatic rings. The van der Waals surface area contributed by atoms with Gasteiger partial charge in [-0.1, -0.05) is 18.2 Å². The summed E-state index contributed by atoms with van der Waals surface area (Å²) >= 11 is 0. The quantitative estimate of drug-likeness (QED) is 0.761. The number of likely N-dealkylation sites (N-methyl/N-ethyl adjacent to an activating group) is 1. The molecule has 1 atom stereocenters. The highest BCUT2D eigenvalue weighted by molar-refractivity contribution is 5.90. The minimum atomic E-state index is -0.0560. The van der Waals surface area contributed by atoms with E-state index in [1.165, 1.54) is 17.7 Å². The largest absolute Gasteiger partial charge is 0.399 e. The smallest absolute Gasteiger partial charge is 0.322 e. The molecule has 2 aliphatic heterocycles. The van der Waals surface area contributed by atoms with E-state index in [9.17, 15) is 4.79 Å². The van der Waals surface area contributed by atoms with Crippen LogP contribution in [0.2, 0.25) is 0 Å². The first-order chi connectivity index (χ1) is 14.5. The Labute approximate surface area is 178 Å². The number of urea groups is 1. The number of nitrogens with one attached hydrogen (secondary N) is 1. The molecule has 6 heteroatoms. The van der Waals surface area contributed by atoms with Crippen LogP contribution in [0.5, 0.6) is 0 Å². The summed E-state index contributed by atoms with van der Waals surface area (Å²) in [4.78, 5) is 19.2. The number of benzene rings is 2. The molecule has 6 nitrogen and oxygen atoms in total. The summed E-state index contributed by atoms with van der Waals surface area (Å²) in [6.45, 7) is 3.43. The average molecular weight is 406 g/mol. The maximum Gasteiger partial charge on any atom is 0.322 e. The molecule has 2 aromatic carbocycles. The highest BCUT2D eigenvalue weighted by Gasteiger charge is 2.24. The van der Waals surface area contributed by atoms with E-state index in [1.54, 1.807) is 0 Å². The SMILES string of the molecule is CN(C)C1CCN(c2ccc(NC(=O)N3CC=C(c4cccc(N)c4)CC3)cc2)C1. The Morgan fingerprint density at radius 1 is 1.13 bits per heavy atom. The van der Waals surface area contributed by atoms with Gasteiger partial charge in [0.1, 0.15) is 0 Å². The van der Waals surface area contributed by atoms with E-state index in [0.717, 1.165) is 36.4 Å². The third-order valence-corrected chi connectivity index (χ3v) is 6.13. The summed E-state index contributed by atoms with van der Waals surface area (Å²) in [5, 5.41) is 3.03. The zero-order valence-corrected chi connectivity index (χ0v) is 17.8. The summed E-state index contributed by atoms with van der Waals surface area (Å²) in [5.41, 5.74) is 11.1. The standard InChI is InChI=1S/C24H31N5O/c1-27(2)23-12-15-29(17-23)22-8-6-21(7-9-22)26-24(30)28-13-10-18(11-14-28)19-4-3-5-20(25)16-19/h3-10,16,23H,11-15,17,25H2,1-2H3,(H,26,30). The van der Waals surface area contributed by atoms with Gasteiger partial charge in [-0.3, -0.25) is 0 Å². The van der Waals surface area contributed by atoms with Gasteiger partial charge in [0.25, 0.3) is 0 Å². The summed E-state index contributed by atoms with van der Waals surface area (Å²) in [5.74, 6) is 0. The molecule has 0 aromatic heterocycles. The van der Waals surface area contributed by atoms with Gasteiger partial charge in [0, 0.05) is 49.3 Å². The first-order valence-corrected chi connectivity index (χ1v) is 10.6. The van der Waals surface area contributed by atoms with Gasteiger partial charge in [-0.2, -0.15) is 0 Å². The highest BCUT2D eigenvalue weighted by atomic mass is 16.2. The van der Waals surface area contributed by atoms with Gasteiger partial charge in [0.2, 0.25) is 0 Å². The van der Waals surface area contributed by atoms with Crippen LogP contribution in [0.4, 0.5) is 21.9 Å². The van der Waals surface area contributed by atoms with Crippen LogP contribution in [-0.4, -0.2) is 62.1 Å². The van der Waals surface area contributed by atoms with E-state index in [0.29, 0.717) is 19.1 Å². The Balaban J connectivity index is 1.32. The molecular formula is C24H31N5O. The summed E-state index contributed by atoms with van der Waals surface area (Å²) in [7, 11) is 4.28. The number of hydrogen-bond donors (Lipinski definition) is 2. The van der Waals surface area contributed by atoms with E-state index < -0.39 is 0 Å². The summed E-state index contributed by atoms with van der Waals surface area (Å²) in [6, 6.07) is 16.7. The molecule has 2 aromatic rings. The lowest BCUT2D eigenvalue weighted by Crippen LogP contribution is -2.37. The van der Waals surface area contributed by atoms with Crippen molar-refractivity contribution >= 4 is 28.7 Å². The summed E-state index contributed by atoms with van der Waals surface area (Å²) < 4.78 is 0. The highest BCUT2D eigenvalue weighted by Crippen LogP contribution is 2.26. The van der Waals surface area contributed by atoms with E-state index in [1.807, 2.05) is 35.2 Å². The summed E-state index contributed by atoms with van der Waals surface area (Å²) in [6.07, 6.45) is 4.14. The number of nitrogen functional groups attached to an aromatic ring is 1. The molecular weight excluding hydrogens is 374 g/mol. The van der Waals surface area contributed by atoms with Gasteiger partial charge in [-0.05, 0) is 74.5 Å². The molecule has 0 aliphatic carbocycles. The lowest BCUT2D eigenvalue weighted by molar-refractivity contribution is 0.217. The van der Waals surface area contributed by atoms with Gasteiger partial charge in [0.05, 0.1) is 0 Å². The Bertz CT molecular complexity index is 921. The normalized spacial score (nSPS) is 19.2. The molecule has 2 heterocycles. The van der Waals surface area contributed by atoms with Gasteiger partial charge in [0.15, 0.2) is 0 Å². The van der Waals surface area contributed by atoms with Crippen molar-refractivity contribution in [3.63, 3.8) is 0 Å². The van der Waals surface area contributed by atoms with Gasteiger partial charge in [-0.25, -0.2) is 4.79 Å². The first-order valence-electron chi connectivity index (χ1n) is 10.6. The fourth-order valence-electron chi connectivity index (χ4n) is 4.21. The first kappa shape index (κ1) is 20.3. The van der Waals surface area contributed by atoms with Crippen molar-refractivity contribution in [2.75, 3.05) is 56.2 Å². The van der Waals surface area contributed by atoms with E-state index in [4.69, 9.17) is 5.73 Å².